The van der Waals surface area contributed by atoms with E-state index < -0.39 is 11.0 Å². The van der Waals surface area contributed by atoms with Gasteiger partial charge in [-0.25, -0.2) is 9.78 Å². The summed E-state index contributed by atoms with van der Waals surface area (Å²) < 4.78 is 12.6. The van der Waals surface area contributed by atoms with Crippen LogP contribution in [0.4, 0.5) is 10.6 Å². The average molecular weight is 495 g/mol. The molecule has 4 rings (SSSR count). The van der Waals surface area contributed by atoms with Crippen LogP contribution in [0.5, 0.6) is 0 Å². The number of pyridine rings is 1. The van der Waals surface area contributed by atoms with Gasteiger partial charge in [0.1, 0.15) is 17.3 Å². The second-order valence-electron chi connectivity index (χ2n) is 10.3. The molecular weight excluding hydrogens is 460 g/mol. The van der Waals surface area contributed by atoms with Crippen LogP contribution < -0.4 is 10.6 Å². The van der Waals surface area contributed by atoms with Crippen molar-refractivity contribution in [2.45, 2.75) is 57.6 Å². The molecule has 0 saturated carbocycles. The lowest BCUT2D eigenvalue weighted by molar-refractivity contribution is 0.0185. The topological polar surface area (TPSA) is 146 Å². The van der Waals surface area contributed by atoms with E-state index in [1.54, 1.807) is 11.1 Å². The highest BCUT2D eigenvalue weighted by Crippen LogP contribution is 2.40. The van der Waals surface area contributed by atoms with E-state index in [1.807, 2.05) is 26.8 Å². The van der Waals surface area contributed by atoms with Crippen molar-refractivity contribution in [1.29, 1.82) is 10.7 Å². The molecular formula is C25H34N8O3. The maximum atomic E-state index is 12.6. The van der Waals surface area contributed by atoms with Gasteiger partial charge in [0.2, 0.25) is 0 Å². The molecule has 1 atom stereocenters. The number of aromatic nitrogens is 3. The molecule has 2 aliphatic rings. The quantitative estimate of drug-likeness (QED) is 0.489. The summed E-state index contributed by atoms with van der Waals surface area (Å²) in [5, 5.41) is 24.0. The van der Waals surface area contributed by atoms with Gasteiger partial charge < -0.3 is 25.0 Å². The third-order valence-corrected chi connectivity index (χ3v) is 6.67. The van der Waals surface area contributed by atoms with Gasteiger partial charge in [-0.2, -0.15) is 15.0 Å². The van der Waals surface area contributed by atoms with Crippen LogP contribution in [0.2, 0.25) is 0 Å². The average Bonchev–Trinajstić information content (AvgIpc) is 3.27. The molecule has 1 amide bonds. The highest BCUT2D eigenvalue weighted by Gasteiger charge is 2.41. The predicted octanol–water partition coefficient (Wildman–Crippen LogP) is 2.75. The molecule has 2 aromatic rings. The molecule has 0 aromatic carbocycles. The zero-order valence-corrected chi connectivity index (χ0v) is 21.3. The SMILES string of the molecule is C[C@@H]1COCCN1c1cc(C2(C#N)CCN(C(=O)OC(C)(C)C)CC2)c2cnn(C(=N)/C=C\N)c2n1. The van der Waals surface area contributed by atoms with Crippen LogP contribution in [0.3, 0.4) is 0 Å². The summed E-state index contributed by atoms with van der Waals surface area (Å²) in [5.41, 5.74) is 5.39. The number of hydrogen-bond acceptors (Lipinski definition) is 9. The number of morpholine rings is 1. The number of nitrogens with two attached hydrogens (primary N) is 1. The minimum Gasteiger partial charge on any atom is -0.444 e. The Morgan fingerprint density at radius 1 is 1.36 bits per heavy atom. The summed E-state index contributed by atoms with van der Waals surface area (Å²) in [7, 11) is 0. The number of anilines is 1. The number of amides is 1. The van der Waals surface area contributed by atoms with Crippen LogP contribution in [0.25, 0.3) is 11.0 Å². The van der Waals surface area contributed by atoms with Gasteiger partial charge in [0, 0.05) is 25.0 Å². The molecule has 2 aliphatic heterocycles. The lowest BCUT2D eigenvalue weighted by atomic mass is 9.73. The van der Waals surface area contributed by atoms with Crippen molar-refractivity contribution in [2.24, 2.45) is 5.73 Å². The summed E-state index contributed by atoms with van der Waals surface area (Å²) in [6, 6.07) is 4.64. The van der Waals surface area contributed by atoms with Gasteiger partial charge in [-0.05, 0) is 64.4 Å². The van der Waals surface area contributed by atoms with Crippen LogP contribution in [0, 0.1) is 16.7 Å². The van der Waals surface area contributed by atoms with E-state index in [9.17, 15) is 10.1 Å². The fraction of sp³-hybridized carbons (Fsp3) is 0.560. The zero-order chi connectivity index (χ0) is 26.1. The summed E-state index contributed by atoms with van der Waals surface area (Å²) in [4.78, 5) is 21.3. The highest BCUT2D eigenvalue weighted by molar-refractivity contribution is 5.98. The minimum atomic E-state index is -0.844. The van der Waals surface area contributed by atoms with Crippen LogP contribution in [-0.2, 0) is 14.9 Å². The maximum absolute atomic E-state index is 12.6. The van der Waals surface area contributed by atoms with Gasteiger partial charge in [-0.3, -0.25) is 5.41 Å². The Labute approximate surface area is 210 Å². The molecule has 36 heavy (non-hydrogen) atoms. The number of carbonyl (C=O) groups is 1. The van der Waals surface area contributed by atoms with Crippen LogP contribution >= 0.6 is 0 Å². The van der Waals surface area contributed by atoms with E-state index in [4.69, 9.17) is 25.6 Å². The summed E-state index contributed by atoms with van der Waals surface area (Å²) in [5.74, 6) is 0.785. The van der Waals surface area contributed by atoms with Crippen molar-refractivity contribution in [3.05, 3.63) is 30.1 Å². The first kappa shape index (κ1) is 25.4. The van der Waals surface area contributed by atoms with E-state index >= 15 is 0 Å². The van der Waals surface area contributed by atoms with Crippen molar-refractivity contribution in [3.8, 4) is 6.07 Å². The lowest BCUT2D eigenvalue weighted by Crippen LogP contribution is -2.47. The number of carbonyl (C=O) groups excluding carboxylic acids is 1. The molecule has 4 heterocycles. The molecule has 0 aliphatic carbocycles. The van der Waals surface area contributed by atoms with E-state index in [1.165, 1.54) is 17.0 Å². The van der Waals surface area contributed by atoms with Crippen molar-refractivity contribution in [3.63, 3.8) is 0 Å². The third-order valence-electron chi connectivity index (χ3n) is 6.67. The number of piperidine rings is 1. The smallest absolute Gasteiger partial charge is 0.410 e. The summed E-state index contributed by atoms with van der Waals surface area (Å²) in [6.07, 6.45) is 4.91. The van der Waals surface area contributed by atoms with Crippen molar-refractivity contribution in [2.75, 3.05) is 37.7 Å². The normalized spacial score (nSPS) is 20.5. The Kier molecular flexibility index (Phi) is 6.91. The summed E-state index contributed by atoms with van der Waals surface area (Å²) >= 11 is 0. The first-order chi connectivity index (χ1) is 17.1. The van der Waals surface area contributed by atoms with Crippen LogP contribution in [0.1, 0.15) is 46.1 Å². The largest absolute Gasteiger partial charge is 0.444 e. The molecule has 2 aromatic heterocycles. The first-order valence-electron chi connectivity index (χ1n) is 12.2. The Hall–Kier alpha value is -3.65. The monoisotopic (exact) mass is 494 g/mol. The number of likely N-dealkylation sites (tertiary alicyclic amines) is 1. The summed E-state index contributed by atoms with van der Waals surface area (Å²) in [6.45, 7) is 10.2. The number of nitrogens with one attached hydrogen (secondary N) is 1. The number of nitriles is 1. The first-order valence-corrected chi connectivity index (χ1v) is 12.2. The van der Waals surface area contributed by atoms with Gasteiger partial charge in [0.15, 0.2) is 5.65 Å². The van der Waals surface area contributed by atoms with Crippen molar-refractivity contribution >= 4 is 28.8 Å². The predicted molar refractivity (Wildman–Crippen MR) is 136 cm³/mol. The molecule has 0 spiro atoms. The molecule has 11 nitrogen and oxygen atoms in total. The highest BCUT2D eigenvalue weighted by atomic mass is 16.6. The van der Waals surface area contributed by atoms with Gasteiger partial charge in [-0.1, -0.05) is 0 Å². The second-order valence-corrected chi connectivity index (χ2v) is 10.3. The Morgan fingerprint density at radius 2 is 2.08 bits per heavy atom. The van der Waals surface area contributed by atoms with Gasteiger partial charge in [0.05, 0.1) is 36.9 Å². The van der Waals surface area contributed by atoms with E-state index in [2.05, 4.69) is 23.0 Å². The fourth-order valence-corrected chi connectivity index (χ4v) is 4.77. The molecule has 0 bridgehead atoms. The van der Waals surface area contributed by atoms with Crippen molar-refractivity contribution in [1.82, 2.24) is 19.7 Å². The number of hydrogen-bond donors (Lipinski definition) is 2. The van der Waals surface area contributed by atoms with E-state index in [0.717, 1.165) is 5.56 Å². The number of nitrogens with zero attached hydrogens (tertiary/aromatic N) is 6. The molecule has 0 unspecified atom stereocenters. The number of ether oxygens (including phenoxy) is 2. The maximum Gasteiger partial charge on any atom is 0.410 e. The third kappa shape index (κ3) is 4.86. The molecule has 192 valence electrons. The van der Waals surface area contributed by atoms with Crippen LogP contribution in [0.15, 0.2) is 24.5 Å². The molecule has 3 N–H and O–H groups in total. The Bertz CT molecular complexity index is 1210. The van der Waals surface area contributed by atoms with Gasteiger partial charge in [-0.15, -0.1) is 0 Å². The van der Waals surface area contributed by atoms with Crippen molar-refractivity contribution < 1.29 is 14.3 Å². The number of allylic oxidation sites excluding steroid dienone is 1. The van der Waals surface area contributed by atoms with E-state index in [0.29, 0.717) is 62.5 Å². The molecule has 2 saturated heterocycles. The number of rotatable bonds is 3. The fourth-order valence-electron chi connectivity index (χ4n) is 4.77. The standard InChI is InChI=1S/C25H34N8O3/c1-17-15-35-12-11-32(17)21-13-19(18-14-29-33(22(18)30-21)20(28)5-8-26)25(16-27)6-9-31(10-7-25)23(34)36-24(2,3)4/h5,8,13-14,17,28H,6-7,9-12,15,26H2,1-4H3/b8-5-,28-20?/t17-/m1/s1. The van der Waals surface area contributed by atoms with Crippen LogP contribution in [-0.4, -0.2) is 76.1 Å². The zero-order valence-electron chi connectivity index (χ0n) is 21.3. The Morgan fingerprint density at radius 3 is 2.69 bits per heavy atom. The minimum absolute atomic E-state index is 0.0730. The lowest BCUT2D eigenvalue weighted by Gasteiger charge is -2.39. The molecule has 11 heteroatoms. The van der Waals surface area contributed by atoms with Gasteiger partial charge >= 0.3 is 6.09 Å². The second kappa shape index (κ2) is 9.78. The molecule has 2 fully saturated rings. The number of fused-ring (bicyclic) bond motifs is 1. The van der Waals surface area contributed by atoms with E-state index in [-0.39, 0.29) is 18.0 Å². The Balaban J connectivity index is 1.77. The molecule has 0 radical (unpaired) electrons. The van der Waals surface area contributed by atoms with Gasteiger partial charge in [0.25, 0.3) is 0 Å².